The van der Waals surface area contributed by atoms with Crippen LogP contribution in [0.4, 0.5) is 0 Å². The smallest absolute Gasteiger partial charge is 0.00229 e. The van der Waals surface area contributed by atoms with Crippen LogP contribution in [0.5, 0.6) is 0 Å². The Morgan fingerprint density at radius 3 is 2.06 bits per heavy atom. The van der Waals surface area contributed by atoms with Crippen LogP contribution in [0.15, 0.2) is 0 Å². The molecule has 1 rings (SSSR count). The van der Waals surface area contributed by atoms with E-state index >= 15 is 0 Å². The summed E-state index contributed by atoms with van der Waals surface area (Å²) in [5, 5.41) is 3.59. The van der Waals surface area contributed by atoms with E-state index in [1.165, 1.54) is 51.6 Å². The van der Waals surface area contributed by atoms with Crippen molar-refractivity contribution >= 4 is 0 Å². The molecule has 17 heavy (non-hydrogen) atoms. The second kappa shape index (κ2) is 8.13. The van der Waals surface area contributed by atoms with Gasteiger partial charge in [0.25, 0.3) is 0 Å². The molecule has 1 saturated carbocycles. The lowest BCUT2D eigenvalue weighted by molar-refractivity contribution is 0.234. The monoisotopic (exact) mass is 239 g/mol. The van der Waals surface area contributed by atoms with E-state index in [-0.39, 0.29) is 0 Å². The second-order valence-corrected chi connectivity index (χ2v) is 6.69. The first kappa shape index (κ1) is 15.0. The van der Waals surface area contributed by atoms with Crippen molar-refractivity contribution in [2.24, 2.45) is 23.7 Å². The molecule has 0 aromatic heterocycles. The standard InChI is InChI=1S/C16H33N/c1-5-15-6-8-16(9-7-15)10-14(4)12-17-11-13(2)3/h13-17H,5-12H2,1-4H3. The van der Waals surface area contributed by atoms with Gasteiger partial charge in [-0.25, -0.2) is 0 Å². The van der Waals surface area contributed by atoms with Gasteiger partial charge >= 0.3 is 0 Å². The third kappa shape index (κ3) is 6.45. The summed E-state index contributed by atoms with van der Waals surface area (Å²) in [7, 11) is 0. The highest BCUT2D eigenvalue weighted by Gasteiger charge is 2.21. The number of hydrogen-bond donors (Lipinski definition) is 1. The molecule has 102 valence electrons. The molecule has 0 aromatic rings. The van der Waals surface area contributed by atoms with Crippen molar-refractivity contribution in [1.29, 1.82) is 0 Å². The van der Waals surface area contributed by atoms with Gasteiger partial charge in [0.05, 0.1) is 0 Å². The maximum Gasteiger partial charge on any atom is -0.00229 e. The van der Waals surface area contributed by atoms with Gasteiger partial charge in [-0.1, -0.05) is 59.8 Å². The topological polar surface area (TPSA) is 12.0 Å². The Morgan fingerprint density at radius 2 is 1.53 bits per heavy atom. The van der Waals surface area contributed by atoms with Gasteiger partial charge in [-0.2, -0.15) is 0 Å². The molecule has 1 N–H and O–H groups in total. The van der Waals surface area contributed by atoms with E-state index < -0.39 is 0 Å². The molecule has 0 radical (unpaired) electrons. The molecule has 0 spiro atoms. The van der Waals surface area contributed by atoms with Crippen LogP contribution < -0.4 is 5.32 Å². The molecule has 1 fully saturated rings. The minimum atomic E-state index is 0.780. The van der Waals surface area contributed by atoms with E-state index in [4.69, 9.17) is 0 Å². The Labute approximate surface area is 109 Å². The number of nitrogens with one attached hydrogen (secondary N) is 1. The van der Waals surface area contributed by atoms with Crippen molar-refractivity contribution in [3.05, 3.63) is 0 Å². The lowest BCUT2D eigenvalue weighted by atomic mass is 9.77. The largest absolute Gasteiger partial charge is 0.316 e. The average Bonchev–Trinajstić information content (AvgIpc) is 2.29. The van der Waals surface area contributed by atoms with Gasteiger partial charge in [0, 0.05) is 0 Å². The van der Waals surface area contributed by atoms with E-state index in [1.807, 2.05) is 0 Å². The lowest BCUT2D eigenvalue weighted by Gasteiger charge is -2.29. The van der Waals surface area contributed by atoms with Crippen LogP contribution in [0.25, 0.3) is 0 Å². The first-order chi connectivity index (χ1) is 8.11. The van der Waals surface area contributed by atoms with Crippen LogP contribution >= 0.6 is 0 Å². The van der Waals surface area contributed by atoms with Crippen LogP contribution in [0.3, 0.4) is 0 Å². The molecule has 0 amide bonds. The highest BCUT2D eigenvalue weighted by molar-refractivity contribution is 4.74. The Morgan fingerprint density at radius 1 is 0.941 bits per heavy atom. The van der Waals surface area contributed by atoms with Gasteiger partial charge in [-0.3, -0.25) is 0 Å². The van der Waals surface area contributed by atoms with Crippen molar-refractivity contribution in [2.75, 3.05) is 13.1 Å². The van der Waals surface area contributed by atoms with E-state index in [0.717, 1.165) is 23.7 Å². The fraction of sp³-hybridized carbons (Fsp3) is 1.00. The molecular formula is C16H33N. The third-order valence-corrected chi connectivity index (χ3v) is 4.32. The molecule has 0 aliphatic heterocycles. The SMILES string of the molecule is CCC1CCC(CC(C)CNCC(C)C)CC1. The highest BCUT2D eigenvalue weighted by atomic mass is 14.9. The molecule has 0 bridgehead atoms. The summed E-state index contributed by atoms with van der Waals surface area (Å²) < 4.78 is 0. The normalized spacial score (nSPS) is 27.4. The molecule has 1 heteroatoms. The van der Waals surface area contributed by atoms with Crippen LogP contribution in [0.2, 0.25) is 0 Å². The molecule has 0 saturated heterocycles. The fourth-order valence-electron chi connectivity index (χ4n) is 3.15. The average molecular weight is 239 g/mol. The summed E-state index contributed by atoms with van der Waals surface area (Å²) in [5.74, 6) is 3.70. The van der Waals surface area contributed by atoms with Crippen LogP contribution in [0, 0.1) is 23.7 Å². The van der Waals surface area contributed by atoms with Crippen molar-refractivity contribution in [2.45, 2.75) is 66.2 Å². The Kier molecular flexibility index (Phi) is 7.18. The zero-order chi connectivity index (χ0) is 12.7. The molecule has 0 heterocycles. The maximum atomic E-state index is 3.59. The first-order valence-electron chi connectivity index (χ1n) is 7.82. The van der Waals surface area contributed by atoms with Crippen LogP contribution in [-0.2, 0) is 0 Å². The quantitative estimate of drug-likeness (QED) is 0.691. The summed E-state index contributed by atoms with van der Waals surface area (Å²) in [4.78, 5) is 0. The Balaban J connectivity index is 2.08. The van der Waals surface area contributed by atoms with E-state index in [1.54, 1.807) is 0 Å². The minimum absolute atomic E-state index is 0.780. The Bertz CT molecular complexity index is 180. The van der Waals surface area contributed by atoms with E-state index in [0.29, 0.717) is 0 Å². The fourth-order valence-corrected chi connectivity index (χ4v) is 3.15. The lowest BCUT2D eigenvalue weighted by Crippen LogP contribution is -2.27. The summed E-state index contributed by atoms with van der Waals surface area (Å²) >= 11 is 0. The van der Waals surface area contributed by atoms with Crippen molar-refractivity contribution < 1.29 is 0 Å². The van der Waals surface area contributed by atoms with Gasteiger partial charge in [0.15, 0.2) is 0 Å². The van der Waals surface area contributed by atoms with Crippen molar-refractivity contribution in [3.8, 4) is 0 Å². The van der Waals surface area contributed by atoms with Gasteiger partial charge in [-0.05, 0) is 43.2 Å². The molecule has 0 aromatic carbocycles. The highest BCUT2D eigenvalue weighted by Crippen LogP contribution is 2.33. The summed E-state index contributed by atoms with van der Waals surface area (Å²) in [6, 6.07) is 0. The van der Waals surface area contributed by atoms with Gasteiger partial charge < -0.3 is 5.32 Å². The number of hydrogen-bond acceptors (Lipinski definition) is 1. The van der Waals surface area contributed by atoms with E-state index in [9.17, 15) is 0 Å². The second-order valence-electron chi connectivity index (χ2n) is 6.69. The molecule has 1 aliphatic rings. The van der Waals surface area contributed by atoms with Crippen LogP contribution in [0.1, 0.15) is 66.2 Å². The van der Waals surface area contributed by atoms with Gasteiger partial charge in [0.2, 0.25) is 0 Å². The predicted octanol–water partition coefficient (Wildman–Crippen LogP) is 4.47. The first-order valence-corrected chi connectivity index (χ1v) is 7.82. The molecule has 1 nitrogen and oxygen atoms in total. The predicted molar refractivity (Wildman–Crippen MR) is 77.2 cm³/mol. The molecule has 1 unspecified atom stereocenters. The zero-order valence-electron chi connectivity index (χ0n) is 12.5. The summed E-state index contributed by atoms with van der Waals surface area (Å²) in [6.07, 6.45) is 8.82. The Hall–Kier alpha value is -0.0400. The van der Waals surface area contributed by atoms with Gasteiger partial charge in [0.1, 0.15) is 0 Å². The van der Waals surface area contributed by atoms with Crippen molar-refractivity contribution in [3.63, 3.8) is 0 Å². The maximum absolute atomic E-state index is 3.59. The third-order valence-electron chi connectivity index (χ3n) is 4.32. The minimum Gasteiger partial charge on any atom is -0.316 e. The molecule has 1 aliphatic carbocycles. The van der Waals surface area contributed by atoms with Crippen molar-refractivity contribution in [1.82, 2.24) is 5.32 Å². The molecule has 1 atom stereocenters. The van der Waals surface area contributed by atoms with Gasteiger partial charge in [-0.15, -0.1) is 0 Å². The van der Waals surface area contributed by atoms with E-state index in [2.05, 4.69) is 33.0 Å². The zero-order valence-corrected chi connectivity index (χ0v) is 12.5. The number of rotatable bonds is 7. The summed E-state index contributed by atoms with van der Waals surface area (Å²) in [5.41, 5.74) is 0. The molecular weight excluding hydrogens is 206 g/mol. The summed E-state index contributed by atoms with van der Waals surface area (Å²) in [6.45, 7) is 11.7. The van der Waals surface area contributed by atoms with Crippen LogP contribution in [-0.4, -0.2) is 13.1 Å².